The fourth-order valence-electron chi connectivity index (χ4n) is 2.67. The van der Waals surface area contributed by atoms with Crippen LogP contribution in [-0.4, -0.2) is 31.8 Å². The first kappa shape index (κ1) is 12.8. The van der Waals surface area contributed by atoms with Gasteiger partial charge in [0, 0.05) is 24.2 Å². The van der Waals surface area contributed by atoms with Gasteiger partial charge in [0.2, 0.25) is 0 Å². The number of rotatable bonds is 4. The van der Waals surface area contributed by atoms with E-state index < -0.39 is 0 Å². The molecule has 0 saturated carbocycles. The van der Waals surface area contributed by atoms with Gasteiger partial charge < -0.3 is 15.4 Å². The summed E-state index contributed by atoms with van der Waals surface area (Å²) in [6.45, 7) is 4.49. The van der Waals surface area contributed by atoms with Crippen molar-refractivity contribution in [2.24, 2.45) is 10.7 Å². The molecule has 0 aliphatic carbocycles. The summed E-state index contributed by atoms with van der Waals surface area (Å²) in [6, 6.07) is 15.3. The average molecular weight is 269 g/mol. The molecule has 0 amide bonds. The third kappa shape index (κ3) is 2.41. The van der Waals surface area contributed by atoms with E-state index in [1.807, 2.05) is 0 Å². The van der Waals surface area contributed by atoms with E-state index in [1.165, 1.54) is 16.5 Å². The zero-order valence-corrected chi connectivity index (χ0v) is 11.6. The maximum absolute atomic E-state index is 5.58. The van der Waals surface area contributed by atoms with Crippen LogP contribution in [0.15, 0.2) is 47.5 Å². The Balaban J connectivity index is 1.91. The fourth-order valence-corrected chi connectivity index (χ4v) is 2.67. The van der Waals surface area contributed by atoms with E-state index in [9.17, 15) is 0 Å². The second-order valence-electron chi connectivity index (χ2n) is 4.97. The predicted molar refractivity (Wildman–Crippen MR) is 83.2 cm³/mol. The van der Waals surface area contributed by atoms with Crippen molar-refractivity contribution >= 4 is 22.5 Å². The molecule has 0 bridgehead atoms. The Bertz CT molecular complexity index is 633. The Hall–Kier alpha value is -2.23. The number of nitrogens with zero attached hydrogens (tertiary/aromatic N) is 2. The van der Waals surface area contributed by atoms with E-state index >= 15 is 0 Å². The van der Waals surface area contributed by atoms with Crippen molar-refractivity contribution in [2.45, 2.75) is 13.0 Å². The number of benzene rings is 2. The monoisotopic (exact) mass is 269 g/mol. The molecule has 1 unspecified atom stereocenters. The first-order chi connectivity index (χ1) is 9.78. The van der Waals surface area contributed by atoms with Gasteiger partial charge in [-0.15, -0.1) is 0 Å². The minimum atomic E-state index is 0.119. The zero-order chi connectivity index (χ0) is 13.9. The molecule has 3 rings (SSSR count). The highest BCUT2D eigenvalue weighted by Crippen LogP contribution is 2.27. The molecule has 1 atom stereocenters. The van der Waals surface area contributed by atoms with Crippen LogP contribution in [0.3, 0.4) is 0 Å². The van der Waals surface area contributed by atoms with Crippen molar-refractivity contribution in [1.29, 1.82) is 0 Å². The largest absolute Gasteiger partial charge is 0.463 e. The van der Waals surface area contributed by atoms with Crippen molar-refractivity contribution in [3.8, 4) is 0 Å². The lowest BCUT2D eigenvalue weighted by molar-refractivity contribution is 0.313. The first-order valence-corrected chi connectivity index (χ1v) is 6.96. The number of anilines is 1. The van der Waals surface area contributed by atoms with Gasteiger partial charge in [0.05, 0.1) is 0 Å². The van der Waals surface area contributed by atoms with Crippen LogP contribution in [0.1, 0.15) is 6.92 Å². The van der Waals surface area contributed by atoms with Gasteiger partial charge in [-0.1, -0.05) is 36.4 Å². The number of aliphatic imine (C=N–C) groups is 1. The second kappa shape index (κ2) is 5.41. The van der Waals surface area contributed by atoms with E-state index in [2.05, 4.69) is 59.3 Å². The van der Waals surface area contributed by atoms with E-state index in [4.69, 9.17) is 10.5 Å². The number of likely N-dealkylation sites (N-methyl/N-ethyl adjacent to an activating group) is 1. The highest BCUT2D eigenvalue weighted by molar-refractivity contribution is 5.94. The number of fused-ring (bicyclic) bond motifs is 1. The normalized spacial score (nSPS) is 17.9. The topological polar surface area (TPSA) is 50.9 Å². The molecule has 2 aromatic rings. The van der Waals surface area contributed by atoms with Crippen LogP contribution in [0.2, 0.25) is 0 Å². The Labute approximate surface area is 118 Å². The van der Waals surface area contributed by atoms with Gasteiger partial charge in [-0.3, -0.25) is 0 Å². The van der Waals surface area contributed by atoms with Crippen LogP contribution in [0, 0.1) is 0 Å². The molecule has 0 spiro atoms. The summed E-state index contributed by atoms with van der Waals surface area (Å²) in [7, 11) is 0. The van der Waals surface area contributed by atoms with Gasteiger partial charge in [-0.25, -0.2) is 4.99 Å². The second-order valence-corrected chi connectivity index (χ2v) is 4.97. The van der Waals surface area contributed by atoms with Crippen LogP contribution in [0.5, 0.6) is 0 Å². The fraction of sp³-hybridized carbons (Fsp3) is 0.312. The summed E-state index contributed by atoms with van der Waals surface area (Å²) < 4.78 is 5.24. The molecule has 104 valence electrons. The lowest BCUT2D eigenvalue weighted by atomic mass is 10.1. The van der Waals surface area contributed by atoms with Gasteiger partial charge in [0.15, 0.2) is 0 Å². The molecule has 20 heavy (non-hydrogen) atoms. The van der Waals surface area contributed by atoms with Crippen LogP contribution in [-0.2, 0) is 4.74 Å². The van der Waals surface area contributed by atoms with Crippen molar-refractivity contribution in [2.75, 3.05) is 24.6 Å². The van der Waals surface area contributed by atoms with Crippen molar-refractivity contribution in [3.05, 3.63) is 42.5 Å². The van der Waals surface area contributed by atoms with Gasteiger partial charge in [0.1, 0.15) is 12.6 Å². The van der Waals surface area contributed by atoms with E-state index in [-0.39, 0.29) is 6.04 Å². The summed E-state index contributed by atoms with van der Waals surface area (Å²) in [5.41, 5.74) is 6.82. The highest BCUT2D eigenvalue weighted by atomic mass is 16.5. The zero-order valence-electron chi connectivity index (χ0n) is 11.6. The number of ether oxygens (including phenoxy) is 1. The number of hydrogen-bond donors (Lipinski definition) is 1. The minimum Gasteiger partial charge on any atom is -0.463 e. The molecule has 0 fully saturated rings. The maximum Gasteiger partial charge on any atom is 0.282 e. The summed E-state index contributed by atoms with van der Waals surface area (Å²) >= 11 is 0. The number of hydrogen-bond acceptors (Lipinski definition) is 4. The Morgan fingerprint density at radius 3 is 2.80 bits per heavy atom. The quantitative estimate of drug-likeness (QED) is 0.927. The van der Waals surface area contributed by atoms with Gasteiger partial charge >= 0.3 is 0 Å². The number of amidine groups is 1. The molecule has 0 saturated heterocycles. The molecular formula is C16H19N3O. The smallest absolute Gasteiger partial charge is 0.282 e. The summed E-state index contributed by atoms with van der Waals surface area (Å²) in [4.78, 5) is 6.64. The summed E-state index contributed by atoms with van der Waals surface area (Å²) in [5, 5.41) is 2.53. The molecule has 4 heteroatoms. The minimum absolute atomic E-state index is 0.119. The van der Waals surface area contributed by atoms with Crippen molar-refractivity contribution in [1.82, 2.24) is 0 Å². The lowest BCUT2D eigenvalue weighted by Gasteiger charge is -2.26. The average Bonchev–Trinajstić information content (AvgIpc) is 2.89. The van der Waals surface area contributed by atoms with Crippen LogP contribution in [0.4, 0.5) is 5.69 Å². The van der Waals surface area contributed by atoms with Gasteiger partial charge in [0.25, 0.3) is 6.02 Å². The van der Waals surface area contributed by atoms with Crippen LogP contribution >= 0.6 is 0 Å². The van der Waals surface area contributed by atoms with Gasteiger partial charge in [-0.05, 0) is 18.4 Å². The Morgan fingerprint density at radius 1 is 1.25 bits per heavy atom. The molecule has 1 heterocycles. The molecular weight excluding hydrogens is 250 g/mol. The van der Waals surface area contributed by atoms with Crippen LogP contribution < -0.4 is 10.6 Å². The summed E-state index contributed by atoms with van der Waals surface area (Å²) in [6.07, 6.45) is 0. The first-order valence-electron chi connectivity index (χ1n) is 6.96. The van der Waals surface area contributed by atoms with Crippen molar-refractivity contribution < 1.29 is 4.74 Å². The third-order valence-electron chi connectivity index (χ3n) is 3.65. The number of nitrogens with two attached hydrogens (primary N) is 1. The molecule has 2 aromatic carbocycles. The van der Waals surface area contributed by atoms with E-state index in [0.29, 0.717) is 12.6 Å². The third-order valence-corrected chi connectivity index (χ3v) is 3.65. The van der Waals surface area contributed by atoms with E-state index in [0.717, 1.165) is 13.1 Å². The molecule has 1 aliphatic rings. The molecule has 1 aliphatic heterocycles. The molecule has 0 radical (unpaired) electrons. The molecule has 2 N–H and O–H groups in total. The molecule has 4 nitrogen and oxygen atoms in total. The van der Waals surface area contributed by atoms with Gasteiger partial charge in [-0.2, -0.15) is 0 Å². The Kier molecular flexibility index (Phi) is 3.46. The van der Waals surface area contributed by atoms with Crippen LogP contribution in [0.25, 0.3) is 10.8 Å². The SMILES string of the molecule is CCN(CC1COC(N)=N1)c1cccc2ccccc12. The molecule has 0 aromatic heterocycles. The Morgan fingerprint density at radius 2 is 2.05 bits per heavy atom. The maximum atomic E-state index is 5.58. The van der Waals surface area contributed by atoms with E-state index in [1.54, 1.807) is 0 Å². The highest BCUT2D eigenvalue weighted by Gasteiger charge is 2.20. The van der Waals surface area contributed by atoms with Crippen molar-refractivity contribution in [3.63, 3.8) is 0 Å². The summed E-state index contributed by atoms with van der Waals surface area (Å²) in [5.74, 6) is 0. The standard InChI is InChI=1S/C16H19N3O/c1-2-19(10-13-11-20-16(17)18-13)15-9-5-7-12-6-3-4-8-14(12)15/h3-9,13H,2,10-11H2,1H3,(H2,17,18). The lowest BCUT2D eigenvalue weighted by Crippen LogP contribution is -2.32. The predicted octanol–water partition coefficient (Wildman–Crippen LogP) is 2.38.